The lowest BCUT2D eigenvalue weighted by Crippen LogP contribution is -2.49. The van der Waals surface area contributed by atoms with Crippen LogP contribution in [0.3, 0.4) is 0 Å². The van der Waals surface area contributed by atoms with E-state index in [1.807, 2.05) is 0 Å². The highest BCUT2D eigenvalue weighted by atomic mass is 35.5. The van der Waals surface area contributed by atoms with Crippen LogP contribution in [0.25, 0.3) is 0 Å². The summed E-state index contributed by atoms with van der Waals surface area (Å²) in [6, 6.07) is 0. The molecule has 0 spiro atoms. The Hall–Kier alpha value is -0.280. The first-order valence-electron chi connectivity index (χ1n) is 6.44. The van der Waals surface area contributed by atoms with E-state index in [1.54, 1.807) is 0 Å². The molecular weight excluding hydrogens is 236 g/mol. The molecule has 1 aliphatic carbocycles. The molecule has 0 saturated heterocycles. The molecule has 4 heteroatoms. The SMILES string of the molecule is CC1CCC(C(C)C)C(CCN)(C(N)=O)C1.Cl. The highest BCUT2D eigenvalue weighted by Gasteiger charge is 2.47. The number of hydrogen-bond acceptors (Lipinski definition) is 2. The second kappa shape index (κ2) is 6.60. The van der Waals surface area contributed by atoms with Gasteiger partial charge in [-0.05, 0) is 43.6 Å². The van der Waals surface area contributed by atoms with Crippen molar-refractivity contribution in [2.24, 2.45) is 34.6 Å². The van der Waals surface area contributed by atoms with Gasteiger partial charge in [0.15, 0.2) is 0 Å². The molecule has 0 heterocycles. The minimum Gasteiger partial charge on any atom is -0.369 e. The molecule has 0 radical (unpaired) electrons. The zero-order chi connectivity index (χ0) is 12.3. The van der Waals surface area contributed by atoms with Crippen molar-refractivity contribution in [2.45, 2.75) is 46.5 Å². The number of carbonyl (C=O) groups is 1. The van der Waals surface area contributed by atoms with Crippen LogP contribution in [-0.2, 0) is 4.79 Å². The zero-order valence-corrected chi connectivity index (χ0v) is 12.1. The fourth-order valence-electron chi connectivity index (χ4n) is 3.54. The van der Waals surface area contributed by atoms with Gasteiger partial charge in [0.05, 0.1) is 5.41 Å². The summed E-state index contributed by atoms with van der Waals surface area (Å²) in [5, 5.41) is 0. The topological polar surface area (TPSA) is 69.1 Å². The Labute approximate surface area is 111 Å². The fourth-order valence-corrected chi connectivity index (χ4v) is 3.54. The van der Waals surface area contributed by atoms with Gasteiger partial charge >= 0.3 is 0 Å². The number of nitrogens with two attached hydrogens (primary N) is 2. The Bertz CT molecular complexity index is 258. The monoisotopic (exact) mass is 262 g/mol. The molecule has 3 unspecified atom stereocenters. The molecule has 1 amide bonds. The number of rotatable bonds is 4. The van der Waals surface area contributed by atoms with Crippen LogP contribution in [-0.4, -0.2) is 12.5 Å². The molecular formula is C13H27ClN2O. The average molecular weight is 263 g/mol. The van der Waals surface area contributed by atoms with Crippen LogP contribution >= 0.6 is 12.4 Å². The first-order chi connectivity index (χ1) is 7.44. The van der Waals surface area contributed by atoms with Crippen molar-refractivity contribution in [3.8, 4) is 0 Å². The predicted octanol–water partition coefficient (Wildman–Crippen LogP) is 2.32. The Morgan fingerprint density at radius 1 is 1.41 bits per heavy atom. The standard InChI is InChI=1S/C13H26N2O.ClH/c1-9(2)11-5-4-10(3)8-13(11,6-7-14)12(15)16;/h9-11H,4-8,14H2,1-3H3,(H2,15,16);1H. The van der Waals surface area contributed by atoms with Gasteiger partial charge in [0.2, 0.25) is 5.91 Å². The lowest BCUT2D eigenvalue weighted by molar-refractivity contribution is -0.136. The first kappa shape index (κ1) is 16.7. The van der Waals surface area contributed by atoms with Crippen molar-refractivity contribution in [1.82, 2.24) is 0 Å². The van der Waals surface area contributed by atoms with Crippen LogP contribution in [0.5, 0.6) is 0 Å². The molecule has 0 aromatic rings. The van der Waals surface area contributed by atoms with Crippen LogP contribution in [0.15, 0.2) is 0 Å². The van der Waals surface area contributed by atoms with E-state index in [1.165, 1.54) is 6.42 Å². The number of halogens is 1. The van der Waals surface area contributed by atoms with Crippen molar-refractivity contribution >= 4 is 18.3 Å². The maximum Gasteiger partial charge on any atom is 0.223 e. The second-order valence-electron chi connectivity index (χ2n) is 5.80. The summed E-state index contributed by atoms with van der Waals surface area (Å²) in [7, 11) is 0. The van der Waals surface area contributed by atoms with E-state index >= 15 is 0 Å². The van der Waals surface area contributed by atoms with E-state index in [0.29, 0.717) is 24.3 Å². The maximum atomic E-state index is 11.9. The summed E-state index contributed by atoms with van der Waals surface area (Å²) in [5.74, 6) is 1.37. The van der Waals surface area contributed by atoms with Gasteiger partial charge in [-0.25, -0.2) is 0 Å². The van der Waals surface area contributed by atoms with Crippen molar-refractivity contribution in [1.29, 1.82) is 0 Å². The smallest absolute Gasteiger partial charge is 0.223 e. The third-order valence-electron chi connectivity index (χ3n) is 4.28. The van der Waals surface area contributed by atoms with Gasteiger partial charge in [0.25, 0.3) is 0 Å². The summed E-state index contributed by atoms with van der Waals surface area (Å²) in [6.45, 7) is 7.15. The fraction of sp³-hybridized carbons (Fsp3) is 0.923. The quantitative estimate of drug-likeness (QED) is 0.816. The van der Waals surface area contributed by atoms with Crippen LogP contribution in [0.2, 0.25) is 0 Å². The Balaban J connectivity index is 0.00000256. The maximum absolute atomic E-state index is 11.9. The van der Waals surface area contributed by atoms with Crippen molar-refractivity contribution in [3.05, 3.63) is 0 Å². The zero-order valence-electron chi connectivity index (χ0n) is 11.2. The minimum atomic E-state index is -0.347. The molecule has 17 heavy (non-hydrogen) atoms. The number of carbonyl (C=O) groups excluding carboxylic acids is 1. The highest BCUT2D eigenvalue weighted by molar-refractivity contribution is 5.85. The number of primary amides is 1. The van der Waals surface area contributed by atoms with E-state index < -0.39 is 0 Å². The van der Waals surface area contributed by atoms with Crippen LogP contribution in [0.1, 0.15) is 46.5 Å². The summed E-state index contributed by atoms with van der Waals surface area (Å²) in [4.78, 5) is 11.9. The van der Waals surface area contributed by atoms with Crippen molar-refractivity contribution in [2.75, 3.05) is 6.54 Å². The molecule has 1 fully saturated rings. The Morgan fingerprint density at radius 3 is 2.41 bits per heavy atom. The number of amides is 1. The van der Waals surface area contributed by atoms with Gasteiger partial charge in [-0.2, -0.15) is 0 Å². The molecule has 1 rings (SSSR count). The molecule has 4 N–H and O–H groups in total. The first-order valence-corrected chi connectivity index (χ1v) is 6.44. The van der Waals surface area contributed by atoms with E-state index in [-0.39, 0.29) is 23.7 Å². The molecule has 3 nitrogen and oxygen atoms in total. The molecule has 0 aromatic heterocycles. The number of hydrogen-bond donors (Lipinski definition) is 2. The second-order valence-corrected chi connectivity index (χ2v) is 5.80. The van der Waals surface area contributed by atoms with Crippen LogP contribution in [0.4, 0.5) is 0 Å². The highest BCUT2D eigenvalue weighted by Crippen LogP contribution is 2.49. The van der Waals surface area contributed by atoms with Crippen LogP contribution in [0, 0.1) is 23.2 Å². The molecule has 102 valence electrons. The van der Waals surface area contributed by atoms with E-state index in [4.69, 9.17) is 11.5 Å². The summed E-state index contributed by atoms with van der Waals surface area (Å²) < 4.78 is 0. The van der Waals surface area contributed by atoms with Gasteiger partial charge < -0.3 is 11.5 Å². The minimum absolute atomic E-state index is 0. The summed E-state index contributed by atoms with van der Waals surface area (Å²) >= 11 is 0. The van der Waals surface area contributed by atoms with E-state index in [0.717, 1.165) is 19.3 Å². The lowest BCUT2D eigenvalue weighted by Gasteiger charge is -2.46. The van der Waals surface area contributed by atoms with E-state index in [9.17, 15) is 4.79 Å². The van der Waals surface area contributed by atoms with Gasteiger partial charge in [-0.15, -0.1) is 12.4 Å². The van der Waals surface area contributed by atoms with Crippen molar-refractivity contribution < 1.29 is 4.79 Å². The molecule has 3 atom stereocenters. The largest absolute Gasteiger partial charge is 0.369 e. The molecule has 0 aromatic carbocycles. The lowest BCUT2D eigenvalue weighted by atomic mass is 9.58. The van der Waals surface area contributed by atoms with Gasteiger partial charge in [0, 0.05) is 0 Å². The van der Waals surface area contributed by atoms with Gasteiger partial charge in [0.1, 0.15) is 0 Å². The summed E-state index contributed by atoms with van der Waals surface area (Å²) in [5.41, 5.74) is 11.0. The normalized spacial score (nSPS) is 33.2. The molecule has 1 saturated carbocycles. The van der Waals surface area contributed by atoms with Gasteiger partial charge in [-0.1, -0.05) is 27.2 Å². The molecule has 1 aliphatic rings. The van der Waals surface area contributed by atoms with Gasteiger partial charge in [-0.3, -0.25) is 4.79 Å². The molecule has 0 aliphatic heterocycles. The average Bonchev–Trinajstić information content (AvgIpc) is 2.17. The third kappa shape index (κ3) is 3.35. The molecule has 0 bridgehead atoms. The Kier molecular flexibility index (Phi) is 6.49. The van der Waals surface area contributed by atoms with Crippen molar-refractivity contribution in [3.63, 3.8) is 0 Å². The Morgan fingerprint density at radius 2 is 2.00 bits per heavy atom. The predicted molar refractivity (Wildman–Crippen MR) is 73.9 cm³/mol. The third-order valence-corrected chi connectivity index (χ3v) is 4.28. The van der Waals surface area contributed by atoms with E-state index in [2.05, 4.69) is 20.8 Å². The summed E-state index contributed by atoms with van der Waals surface area (Å²) in [6.07, 6.45) is 3.99. The van der Waals surface area contributed by atoms with Crippen LogP contribution < -0.4 is 11.5 Å².